The monoisotopic (exact) mass is 504 g/mol. The second-order valence-corrected chi connectivity index (χ2v) is 10.7. The van der Waals surface area contributed by atoms with Gasteiger partial charge in [0, 0.05) is 61.2 Å². The summed E-state index contributed by atoms with van der Waals surface area (Å²) < 4.78 is 64.4. The molecule has 2 aliphatic heterocycles. The van der Waals surface area contributed by atoms with E-state index in [9.17, 15) is 8.78 Å². The van der Waals surface area contributed by atoms with E-state index in [1.807, 2.05) is 28.9 Å². The second-order valence-electron chi connectivity index (χ2n) is 10.7. The number of H-pyrrole nitrogens is 1. The third-order valence-electron chi connectivity index (χ3n) is 7.28. The first kappa shape index (κ1) is 25.0. The molecule has 2 aliphatic rings. The molecule has 3 heterocycles. The third-order valence-corrected chi connectivity index (χ3v) is 7.28. The summed E-state index contributed by atoms with van der Waals surface area (Å²) >= 11 is 0. The van der Waals surface area contributed by atoms with Gasteiger partial charge in [-0.25, -0.2) is 13.2 Å². The number of aromatic nitrogens is 2. The van der Waals surface area contributed by atoms with E-state index in [0.717, 1.165) is 22.0 Å². The van der Waals surface area contributed by atoms with Gasteiger partial charge in [0.15, 0.2) is 0 Å². The molecule has 0 radical (unpaired) electrons. The van der Waals surface area contributed by atoms with Gasteiger partial charge in [0.2, 0.25) is 0 Å². The van der Waals surface area contributed by atoms with Crippen LogP contribution in [0.3, 0.4) is 0 Å². The number of rotatable bonds is 8. The van der Waals surface area contributed by atoms with Gasteiger partial charge in [0.05, 0.1) is 24.4 Å². The Labute approximate surface area is 208 Å². The second kappa shape index (κ2) is 9.67. The van der Waals surface area contributed by atoms with Gasteiger partial charge < -0.3 is 4.74 Å². The van der Waals surface area contributed by atoms with Crippen LogP contribution in [0.4, 0.5) is 17.6 Å². The lowest BCUT2D eigenvalue weighted by molar-refractivity contribution is 0.0647. The van der Waals surface area contributed by atoms with Gasteiger partial charge in [0.25, 0.3) is 0 Å². The molecule has 9 heteroatoms. The summed E-state index contributed by atoms with van der Waals surface area (Å²) in [4.78, 5) is 3.89. The number of hydrogen-bond acceptors (Lipinski definition) is 4. The number of nitrogens with one attached hydrogen (secondary N) is 1. The minimum Gasteiger partial charge on any atom is -0.492 e. The van der Waals surface area contributed by atoms with Crippen LogP contribution in [-0.2, 0) is 6.42 Å². The Hall–Kier alpha value is -2.65. The van der Waals surface area contributed by atoms with Crippen molar-refractivity contribution in [2.75, 3.05) is 39.5 Å². The van der Waals surface area contributed by atoms with Crippen molar-refractivity contribution in [2.45, 2.75) is 44.9 Å². The lowest BCUT2D eigenvalue weighted by Gasteiger charge is -2.44. The van der Waals surface area contributed by atoms with E-state index < -0.39 is 23.3 Å². The Morgan fingerprint density at radius 2 is 1.89 bits per heavy atom. The highest BCUT2D eigenvalue weighted by Crippen LogP contribution is 2.43. The number of benzene rings is 2. The van der Waals surface area contributed by atoms with Crippen LogP contribution in [0.1, 0.15) is 43.5 Å². The highest BCUT2D eigenvalue weighted by Gasteiger charge is 2.40. The predicted octanol–water partition coefficient (Wildman–Crippen LogP) is 5.21. The number of nitrogens with zero attached hydrogens (tertiary/aromatic N) is 3. The smallest absolute Gasteiger partial charge is 0.134 e. The van der Waals surface area contributed by atoms with E-state index in [1.54, 1.807) is 6.20 Å². The average Bonchev–Trinajstić information content (AvgIpc) is 3.25. The molecule has 3 aromatic rings. The van der Waals surface area contributed by atoms with E-state index in [0.29, 0.717) is 26.1 Å². The summed E-state index contributed by atoms with van der Waals surface area (Å²) in [5.41, 5.74) is 0.891. The maximum absolute atomic E-state index is 15.6. The zero-order chi connectivity index (χ0) is 25.6. The van der Waals surface area contributed by atoms with Crippen molar-refractivity contribution in [3.05, 3.63) is 58.8 Å². The molecule has 194 valence electrons. The molecular formula is C27H32F4N4O. The highest BCUT2D eigenvalue weighted by molar-refractivity contribution is 5.83. The molecule has 0 spiro atoms. The Morgan fingerprint density at radius 1 is 1.17 bits per heavy atom. The van der Waals surface area contributed by atoms with Crippen molar-refractivity contribution in [3.8, 4) is 5.75 Å². The van der Waals surface area contributed by atoms with Crippen LogP contribution < -0.4 is 4.74 Å². The maximum Gasteiger partial charge on any atom is 0.134 e. The average molecular weight is 505 g/mol. The summed E-state index contributed by atoms with van der Waals surface area (Å²) in [5.74, 6) is -1.29. The van der Waals surface area contributed by atoms with Crippen LogP contribution in [-0.4, -0.2) is 71.2 Å². The standard InChI is InChI=1S/C27H32F4N4O/c1-16-8-20-19(4-5-24-21(20)12-32-33-24)26(35(16)15-27(2,3)31)25-22(29)9-18(10-23(25)30)36-7-6-34-13-17(11-28)14-34/h4-5,9-10,12,16-17,26H,6-8,11,13-15H2,1-3H3,(H,32,33)/t16-,26+/m0/s1. The van der Waals surface area contributed by atoms with Gasteiger partial charge in [-0.15, -0.1) is 0 Å². The van der Waals surface area contributed by atoms with Crippen molar-refractivity contribution in [2.24, 2.45) is 5.92 Å². The van der Waals surface area contributed by atoms with Gasteiger partial charge in [-0.3, -0.25) is 19.3 Å². The van der Waals surface area contributed by atoms with E-state index in [1.165, 1.54) is 26.0 Å². The molecular weight excluding hydrogens is 472 g/mol. The van der Waals surface area contributed by atoms with Crippen molar-refractivity contribution < 1.29 is 22.3 Å². The van der Waals surface area contributed by atoms with Crippen LogP contribution in [0.15, 0.2) is 30.5 Å². The Bertz CT molecular complexity index is 1210. The summed E-state index contributed by atoms with van der Waals surface area (Å²) in [5, 5.41) is 7.99. The van der Waals surface area contributed by atoms with Gasteiger partial charge in [0.1, 0.15) is 29.7 Å². The lowest BCUT2D eigenvalue weighted by atomic mass is 9.82. The van der Waals surface area contributed by atoms with Crippen molar-refractivity contribution in [3.63, 3.8) is 0 Å². The summed E-state index contributed by atoms with van der Waals surface area (Å²) in [6, 6.07) is 5.15. The first-order valence-corrected chi connectivity index (χ1v) is 12.4. The van der Waals surface area contributed by atoms with Crippen molar-refractivity contribution in [1.29, 1.82) is 0 Å². The van der Waals surface area contributed by atoms with Crippen molar-refractivity contribution in [1.82, 2.24) is 20.0 Å². The van der Waals surface area contributed by atoms with Gasteiger partial charge in [-0.2, -0.15) is 5.10 Å². The summed E-state index contributed by atoms with van der Waals surface area (Å²) in [7, 11) is 0. The molecule has 0 saturated carbocycles. The van der Waals surface area contributed by atoms with Gasteiger partial charge in [-0.05, 0) is 44.4 Å². The largest absolute Gasteiger partial charge is 0.492 e. The quantitative estimate of drug-likeness (QED) is 0.428. The number of aromatic amines is 1. The van der Waals surface area contributed by atoms with Crippen LogP contribution in [0.5, 0.6) is 5.75 Å². The first-order chi connectivity index (χ1) is 17.1. The van der Waals surface area contributed by atoms with Crippen molar-refractivity contribution >= 4 is 10.9 Å². The minimum absolute atomic E-state index is 0.0224. The van der Waals surface area contributed by atoms with E-state index in [2.05, 4.69) is 10.2 Å². The number of alkyl halides is 2. The molecule has 0 unspecified atom stereocenters. The van der Waals surface area contributed by atoms with E-state index >= 15 is 8.78 Å². The molecule has 36 heavy (non-hydrogen) atoms. The number of ether oxygens (including phenoxy) is 1. The van der Waals surface area contributed by atoms with Gasteiger partial charge in [-0.1, -0.05) is 6.07 Å². The molecule has 0 aliphatic carbocycles. The molecule has 5 rings (SSSR count). The summed E-state index contributed by atoms with van der Waals surface area (Å²) in [6.45, 7) is 6.76. The fraction of sp³-hybridized carbons (Fsp3) is 0.519. The zero-order valence-corrected chi connectivity index (χ0v) is 20.8. The maximum atomic E-state index is 15.6. The first-order valence-electron chi connectivity index (χ1n) is 12.4. The molecule has 2 atom stereocenters. The zero-order valence-electron chi connectivity index (χ0n) is 20.8. The molecule has 5 nitrogen and oxygen atoms in total. The predicted molar refractivity (Wildman–Crippen MR) is 131 cm³/mol. The van der Waals surface area contributed by atoms with E-state index in [-0.39, 0.29) is 43.1 Å². The van der Waals surface area contributed by atoms with Crippen LogP contribution in [0, 0.1) is 17.6 Å². The highest BCUT2D eigenvalue weighted by atomic mass is 19.1. The molecule has 2 aromatic carbocycles. The normalized spacial score (nSPS) is 21.5. The Balaban J connectivity index is 1.47. The fourth-order valence-electron chi connectivity index (χ4n) is 5.58. The minimum atomic E-state index is -1.56. The van der Waals surface area contributed by atoms with Gasteiger partial charge >= 0.3 is 0 Å². The molecule has 1 fully saturated rings. The summed E-state index contributed by atoms with van der Waals surface area (Å²) in [6.07, 6.45) is 2.34. The SMILES string of the molecule is C[C@H]1Cc2c(ccc3[nH]ncc23)[C@H](c2c(F)cc(OCCN3CC(CF)C3)cc2F)N1CC(C)(C)F. The van der Waals surface area contributed by atoms with Crippen LogP contribution in [0.2, 0.25) is 0 Å². The molecule has 1 saturated heterocycles. The topological polar surface area (TPSA) is 44.4 Å². The molecule has 0 amide bonds. The van der Waals surface area contributed by atoms with Crippen LogP contribution >= 0.6 is 0 Å². The number of likely N-dealkylation sites (tertiary alicyclic amines) is 1. The number of hydrogen-bond donors (Lipinski definition) is 1. The molecule has 1 N–H and O–H groups in total. The Kier molecular flexibility index (Phi) is 6.72. The number of halogens is 4. The third kappa shape index (κ3) is 4.83. The molecule has 0 bridgehead atoms. The van der Waals surface area contributed by atoms with Crippen LogP contribution in [0.25, 0.3) is 10.9 Å². The van der Waals surface area contributed by atoms with E-state index in [4.69, 9.17) is 4.74 Å². The fourth-order valence-corrected chi connectivity index (χ4v) is 5.58. The Morgan fingerprint density at radius 3 is 2.56 bits per heavy atom. The molecule has 1 aromatic heterocycles. The lowest BCUT2D eigenvalue weighted by Crippen LogP contribution is -2.49. The number of fused-ring (bicyclic) bond motifs is 3.